The molecule has 0 heterocycles. The van der Waals surface area contributed by atoms with Gasteiger partial charge in [-0.05, 0) is 48.4 Å². The summed E-state index contributed by atoms with van der Waals surface area (Å²) in [6, 6.07) is 12.7. The minimum absolute atomic E-state index is 0.0356. The van der Waals surface area contributed by atoms with Crippen molar-refractivity contribution in [3.63, 3.8) is 0 Å². The highest BCUT2D eigenvalue weighted by molar-refractivity contribution is 6.33. The molecule has 0 aliphatic rings. The van der Waals surface area contributed by atoms with Gasteiger partial charge in [-0.2, -0.15) is 0 Å². The first-order valence-electron chi connectivity index (χ1n) is 6.54. The first-order valence-corrected chi connectivity index (χ1v) is 7.30. The van der Waals surface area contributed by atoms with E-state index in [2.05, 4.69) is 5.32 Å². The molecule has 0 spiro atoms. The molecule has 0 aromatic heterocycles. The van der Waals surface area contributed by atoms with Gasteiger partial charge in [0, 0.05) is 28.2 Å². The molecule has 0 fully saturated rings. The van der Waals surface area contributed by atoms with Crippen LogP contribution in [0.4, 0.5) is 0 Å². The third kappa shape index (κ3) is 4.21. The first kappa shape index (κ1) is 15.8. The molecule has 0 saturated carbocycles. The number of rotatable bonds is 5. The van der Waals surface area contributed by atoms with Gasteiger partial charge in [-0.3, -0.25) is 4.79 Å². The number of hydrogen-bond donors (Lipinski definition) is 2. The molecular weight excluding hydrogens is 307 g/mol. The molecule has 0 bridgehead atoms. The van der Waals surface area contributed by atoms with Gasteiger partial charge in [0.1, 0.15) is 0 Å². The lowest BCUT2D eigenvalue weighted by Gasteiger charge is -2.16. The Morgan fingerprint density at radius 3 is 2.71 bits per heavy atom. The molecule has 5 heteroatoms. The zero-order valence-corrected chi connectivity index (χ0v) is 13.1. The number of amides is 1. The maximum absolute atomic E-state index is 11.2. The minimum atomic E-state index is -0.428. The van der Waals surface area contributed by atoms with Gasteiger partial charge >= 0.3 is 0 Å². The molecular formula is C16H16Cl2N2O. The van der Waals surface area contributed by atoms with Crippen LogP contribution in [0.5, 0.6) is 0 Å². The molecule has 3 N–H and O–H groups in total. The Morgan fingerprint density at radius 2 is 2.00 bits per heavy atom. The molecule has 0 saturated heterocycles. The zero-order chi connectivity index (χ0) is 15.4. The van der Waals surface area contributed by atoms with Crippen LogP contribution in [0.1, 0.15) is 34.5 Å². The number of benzene rings is 2. The SMILES string of the molecule is CC(NCc1cccc(C(N)=O)c1)c1cc(Cl)ccc1Cl. The monoisotopic (exact) mass is 322 g/mol. The Hall–Kier alpha value is -1.55. The largest absolute Gasteiger partial charge is 0.366 e. The van der Waals surface area contributed by atoms with Gasteiger partial charge in [-0.25, -0.2) is 0 Å². The maximum Gasteiger partial charge on any atom is 0.248 e. The van der Waals surface area contributed by atoms with Crippen molar-refractivity contribution in [3.05, 3.63) is 69.2 Å². The number of carbonyl (C=O) groups excluding carboxylic acids is 1. The summed E-state index contributed by atoms with van der Waals surface area (Å²) >= 11 is 12.2. The molecule has 2 aromatic rings. The molecule has 21 heavy (non-hydrogen) atoms. The van der Waals surface area contributed by atoms with E-state index in [1.807, 2.05) is 25.1 Å². The molecule has 1 atom stereocenters. The fourth-order valence-electron chi connectivity index (χ4n) is 2.06. The number of hydrogen-bond acceptors (Lipinski definition) is 2. The Morgan fingerprint density at radius 1 is 1.24 bits per heavy atom. The molecule has 3 nitrogen and oxygen atoms in total. The fraction of sp³-hybridized carbons (Fsp3) is 0.188. The maximum atomic E-state index is 11.2. The lowest BCUT2D eigenvalue weighted by molar-refractivity contribution is 0.1000. The van der Waals surface area contributed by atoms with Gasteiger partial charge < -0.3 is 11.1 Å². The summed E-state index contributed by atoms with van der Waals surface area (Å²) in [5.41, 5.74) is 7.70. The highest BCUT2D eigenvalue weighted by Crippen LogP contribution is 2.26. The Balaban J connectivity index is 2.07. The van der Waals surface area contributed by atoms with Gasteiger partial charge in [-0.1, -0.05) is 35.3 Å². The molecule has 0 radical (unpaired) electrons. The number of halogens is 2. The third-order valence-corrected chi connectivity index (χ3v) is 3.83. The van der Waals surface area contributed by atoms with E-state index in [1.54, 1.807) is 24.3 Å². The average molecular weight is 323 g/mol. The smallest absolute Gasteiger partial charge is 0.248 e. The van der Waals surface area contributed by atoms with Crippen molar-refractivity contribution in [1.29, 1.82) is 0 Å². The second-order valence-corrected chi connectivity index (χ2v) is 5.68. The van der Waals surface area contributed by atoms with Crippen LogP contribution in [-0.4, -0.2) is 5.91 Å². The quantitative estimate of drug-likeness (QED) is 0.875. The van der Waals surface area contributed by atoms with Crippen molar-refractivity contribution in [2.45, 2.75) is 19.5 Å². The van der Waals surface area contributed by atoms with E-state index in [-0.39, 0.29) is 6.04 Å². The van der Waals surface area contributed by atoms with Crippen molar-refractivity contribution in [3.8, 4) is 0 Å². The summed E-state index contributed by atoms with van der Waals surface area (Å²) in [4.78, 5) is 11.2. The second-order valence-electron chi connectivity index (χ2n) is 4.83. The molecule has 0 aliphatic heterocycles. The summed E-state index contributed by atoms with van der Waals surface area (Å²) < 4.78 is 0. The van der Waals surface area contributed by atoms with Crippen LogP contribution in [0.3, 0.4) is 0 Å². The minimum Gasteiger partial charge on any atom is -0.366 e. The van der Waals surface area contributed by atoms with Crippen LogP contribution in [0.2, 0.25) is 10.0 Å². The van der Waals surface area contributed by atoms with Gasteiger partial charge in [0.15, 0.2) is 0 Å². The summed E-state index contributed by atoms with van der Waals surface area (Å²) in [6.07, 6.45) is 0. The molecule has 1 unspecified atom stereocenters. The Labute approximate surface area is 134 Å². The lowest BCUT2D eigenvalue weighted by atomic mass is 10.1. The average Bonchev–Trinajstić information content (AvgIpc) is 2.47. The first-order chi connectivity index (χ1) is 9.97. The topological polar surface area (TPSA) is 55.1 Å². The summed E-state index contributed by atoms with van der Waals surface area (Å²) in [5.74, 6) is -0.428. The number of primary amides is 1. The summed E-state index contributed by atoms with van der Waals surface area (Å²) in [6.45, 7) is 2.61. The third-order valence-electron chi connectivity index (χ3n) is 3.25. The fourth-order valence-corrected chi connectivity index (χ4v) is 2.52. The molecule has 2 rings (SSSR count). The van der Waals surface area contributed by atoms with E-state index in [4.69, 9.17) is 28.9 Å². The highest BCUT2D eigenvalue weighted by Gasteiger charge is 2.10. The predicted octanol–water partition coefficient (Wildman–Crippen LogP) is 3.94. The van der Waals surface area contributed by atoms with Crippen LogP contribution in [0.25, 0.3) is 0 Å². The van der Waals surface area contributed by atoms with Gasteiger partial charge in [0.05, 0.1) is 0 Å². The van der Waals surface area contributed by atoms with Crippen molar-refractivity contribution < 1.29 is 4.79 Å². The molecule has 0 aliphatic carbocycles. The van der Waals surface area contributed by atoms with E-state index in [1.165, 1.54) is 0 Å². The van der Waals surface area contributed by atoms with Gasteiger partial charge in [-0.15, -0.1) is 0 Å². The van der Waals surface area contributed by atoms with E-state index in [0.717, 1.165) is 11.1 Å². The van der Waals surface area contributed by atoms with Crippen molar-refractivity contribution >= 4 is 29.1 Å². The van der Waals surface area contributed by atoms with E-state index in [9.17, 15) is 4.79 Å². The van der Waals surface area contributed by atoms with Crippen LogP contribution in [-0.2, 0) is 6.54 Å². The van der Waals surface area contributed by atoms with Crippen molar-refractivity contribution in [2.75, 3.05) is 0 Å². The molecule has 110 valence electrons. The number of carbonyl (C=O) groups is 1. The molecule has 2 aromatic carbocycles. The van der Waals surface area contributed by atoms with E-state index in [0.29, 0.717) is 22.2 Å². The number of nitrogens with one attached hydrogen (secondary N) is 1. The lowest BCUT2D eigenvalue weighted by Crippen LogP contribution is -2.19. The van der Waals surface area contributed by atoms with Crippen LogP contribution >= 0.6 is 23.2 Å². The van der Waals surface area contributed by atoms with Crippen LogP contribution in [0, 0.1) is 0 Å². The summed E-state index contributed by atoms with van der Waals surface area (Å²) in [7, 11) is 0. The summed E-state index contributed by atoms with van der Waals surface area (Å²) in [5, 5.41) is 4.68. The van der Waals surface area contributed by atoms with Gasteiger partial charge in [0.25, 0.3) is 0 Å². The van der Waals surface area contributed by atoms with Crippen molar-refractivity contribution in [2.24, 2.45) is 5.73 Å². The zero-order valence-electron chi connectivity index (χ0n) is 11.6. The van der Waals surface area contributed by atoms with Crippen LogP contribution < -0.4 is 11.1 Å². The Kier molecular flexibility index (Phi) is 5.23. The van der Waals surface area contributed by atoms with E-state index >= 15 is 0 Å². The highest BCUT2D eigenvalue weighted by atomic mass is 35.5. The molecule has 1 amide bonds. The standard InChI is InChI=1S/C16H16Cl2N2O/c1-10(14-8-13(17)5-6-15(14)18)20-9-11-3-2-4-12(7-11)16(19)21/h2-8,10,20H,9H2,1H3,(H2,19,21). The van der Waals surface area contributed by atoms with Gasteiger partial charge in [0.2, 0.25) is 5.91 Å². The normalized spacial score (nSPS) is 12.1. The second kappa shape index (κ2) is 6.94. The van der Waals surface area contributed by atoms with Crippen molar-refractivity contribution in [1.82, 2.24) is 5.32 Å². The predicted molar refractivity (Wildman–Crippen MR) is 86.7 cm³/mol. The van der Waals surface area contributed by atoms with E-state index < -0.39 is 5.91 Å². The van der Waals surface area contributed by atoms with Crippen LogP contribution in [0.15, 0.2) is 42.5 Å². The number of nitrogens with two attached hydrogens (primary N) is 1. The Bertz CT molecular complexity index is 658.